The summed E-state index contributed by atoms with van der Waals surface area (Å²) in [4.78, 5) is 50.7. The summed E-state index contributed by atoms with van der Waals surface area (Å²) in [5.74, 6) is -1.90. The highest BCUT2D eigenvalue weighted by molar-refractivity contribution is 7.18. The van der Waals surface area contributed by atoms with Crippen molar-refractivity contribution in [3.05, 3.63) is 46.6 Å². The monoisotopic (exact) mass is 524 g/mol. The molecule has 0 spiro atoms. The second kappa shape index (κ2) is 10.8. The summed E-state index contributed by atoms with van der Waals surface area (Å²) >= 11 is 1.66. The van der Waals surface area contributed by atoms with Crippen molar-refractivity contribution >= 4 is 45.0 Å². The maximum atomic E-state index is 13.4. The van der Waals surface area contributed by atoms with Gasteiger partial charge in [-0.1, -0.05) is 13.0 Å². The molecule has 37 heavy (non-hydrogen) atoms. The third kappa shape index (κ3) is 5.57. The van der Waals surface area contributed by atoms with E-state index in [1.807, 2.05) is 32.3 Å². The Labute approximate surface area is 219 Å². The molecule has 0 aliphatic carbocycles. The first-order chi connectivity index (χ1) is 17.6. The Morgan fingerprint density at radius 1 is 1.24 bits per heavy atom. The van der Waals surface area contributed by atoms with Crippen molar-refractivity contribution in [3.63, 3.8) is 0 Å². The molecule has 0 bridgehead atoms. The standard InChI is InChI=1S/C26H32N6O4S/c1-14-6-8-20(16-7-9-21-19(10-16)30-25(37-21)15(2)31(3)4)32(13-14)26(35)23(34)29-17-11-18(22(27)33)24(36-5)28-12-17/h7,9-12,14-15,20H,6,8,13H2,1-5H3,(H2,27,33)(H,29,34)/t14-,15+,20+/m0/s1. The molecule has 3 N–H and O–H groups in total. The second-order valence-corrected chi connectivity index (χ2v) is 10.7. The highest BCUT2D eigenvalue weighted by Crippen LogP contribution is 2.36. The predicted molar refractivity (Wildman–Crippen MR) is 143 cm³/mol. The van der Waals surface area contributed by atoms with Crippen molar-refractivity contribution in [2.24, 2.45) is 11.7 Å². The molecule has 3 amide bonds. The molecule has 1 aliphatic heterocycles. The number of nitrogens with one attached hydrogen (secondary N) is 1. The van der Waals surface area contributed by atoms with Crippen LogP contribution in [0.15, 0.2) is 30.5 Å². The van der Waals surface area contributed by atoms with Crippen molar-refractivity contribution in [2.75, 3.05) is 33.1 Å². The highest BCUT2D eigenvalue weighted by atomic mass is 32.1. The molecule has 3 aromatic rings. The number of likely N-dealkylation sites (tertiary alicyclic amines) is 1. The summed E-state index contributed by atoms with van der Waals surface area (Å²) in [5.41, 5.74) is 7.42. The summed E-state index contributed by atoms with van der Waals surface area (Å²) in [7, 11) is 5.41. The van der Waals surface area contributed by atoms with Crippen molar-refractivity contribution in [1.29, 1.82) is 0 Å². The number of rotatable bonds is 6. The van der Waals surface area contributed by atoms with Gasteiger partial charge in [0, 0.05) is 6.54 Å². The van der Waals surface area contributed by atoms with Crippen LogP contribution in [-0.2, 0) is 9.59 Å². The maximum absolute atomic E-state index is 13.4. The zero-order chi connectivity index (χ0) is 26.9. The number of piperidine rings is 1. The van der Waals surface area contributed by atoms with Crippen LogP contribution >= 0.6 is 11.3 Å². The average Bonchev–Trinajstić information content (AvgIpc) is 3.30. The number of pyridine rings is 1. The number of nitrogens with zero attached hydrogens (tertiary/aromatic N) is 4. The van der Waals surface area contributed by atoms with E-state index in [0.717, 1.165) is 33.6 Å². The average molecular weight is 525 g/mol. The third-order valence-electron chi connectivity index (χ3n) is 6.79. The molecule has 1 aliphatic rings. The summed E-state index contributed by atoms with van der Waals surface area (Å²) in [6.45, 7) is 4.65. The van der Waals surface area contributed by atoms with Crippen LogP contribution in [-0.4, -0.2) is 65.2 Å². The van der Waals surface area contributed by atoms with E-state index >= 15 is 0 Å². The van der Waals surface area contributed by atoms with Crippen molar-refractivity contribution in [1.82, 2.24) is 19.8 Å². The number of amides is 3. The number of primary amides is 1. The lowest BCUT2D eigenvalue weighted by Crippen LogP contribution is -2.46. The Bertz CT molecular complexity index is 1340. The Kier molecular flexibility index (Phi) is 7.74. The molecule has 1 saturated heterocycles. The number of methoxy groups -OCH3 is 1. The number of benzene rings is 1. The summed E-state index contributed by atoms with van der Waals surface area (Å²) in [5, 5.41) is 3.59. The molecule has 0 saturated carbocycles. The molecule has 3 heterocycles. The van der Waals surface area contributed by atoms with E-state index in [9.17, 15) is 14.4 Å². The maximum Gasteiger partial charge on any atom is 0.313 e. The van der Waals surface area contributed by atoms with Crippen LogP contribution < -0.4 is 15.8 Å². The quantitative estimate of drug-likeness (QED) is 0.473. The lowest BCUT2D eigenvalue weighted by molar-refractivity contribution is -0.146. The van der Waals surface area contributed by atoms with Gasteiger partial charge >= 0.3 is 11.8 Å². The number of hydrogen-bond acceptors (Lipinski definition) is 8. The Morgan fingerprint density at radius 3 is 2.68 bits per heavy atom. The molecule has 10 nitrogen and oxygen atoms in total. The van der Waals surface area contributed by atoms with E-state index < -0.39 is 17.7 Å². The first-order valence-corrected chi connectivity index (χ1v) is 12.9. The number of carbonyl (C=O) groups excluding carboxylic acids is 3. The van der Waals surface area contributed by atoms with Gasteiger partial charge in [-0.2, -0.15) is 0 Å². The highest BCUT2D eigenvalue weighted by Gasteiger charge is 2.34. The van der Waals surface area contributed by atoms with Crippen molar-refractivity contribution in [3.8, 4) is 5.88 Å². The van der Waals surface area contributed by atoms with Crippen LogP contribution in [0.4, 0.5) is 5.69 Å². The van der Waals surface area contributed by atoms with Gasteiger partial charge < -0.3 is 25.6 Å². The number of thiazole rings is 1. The number of hydrogen-bond donors (Lipinski definition) is 2. The van der Waals surface area contributed by atoms with Crippen LogP contribution in [0.25, 0.3) is 10.2 Å². The number of fused-ring (bicyclic) bond motifs is 1. The number of aromatic nitrogens is 2. The zero-order valence-corrected chi connectivity index (χ0v) is 22.5. The van der Waals surface area contributed by atoms with E-state index in [1.165, 1.54) is 19.4 Å². The molecule has 0 radical (unpaired) electrons. The summed E-state index contributed by atoms with van der Waals surface area (Å²) < 4.78 is 6.12. The summed E-state index contributed by atoms with van der Waals surface area (Å²) in [6.07, 6.45) is 3.00. The fourth-order valence-electron chi connectivity index (χ4n) is 4.47. The van der Waals surface area contributed by atoms with Crippen LogP contribution in [0.2, 0.25) is 0 Å². The molecular formula is C26H32N6O4S. The van der Waals surface area contributed by atoms with Gasteiger partial charge in [-0.25, -0.2) is 9.97 Å². The fraction of sp³-hybridized carbons (Fsp3) is 0.423. The van der Waals surface area contributed by atoms with Crippen molar-refractivity contribution in [2.45, 2.75) is 38.8 Å². The first-order valence-electron chi connectivity index (χ1n) is 12.1. The van der Waals surface area contributed by atoms with Crippen LogP contribution in [0.1, 0.15) is 59.7 Å². The van der Waals surface area contributed by atoms with Gasteiger partial charge in [0.05, 0.1) is 41.3 Å². The Hall–Kier alpha value is -3.57. The van der Waals surface area contributed by atoms with E-state index in [-0.39, 0.29) is 35.1 Å². The topological polar surface area (TPSA) is 131 Å². The normalized spacial score (nSPS) is 18.6. The lowest BCUT2D eigenvalue weighted by atomic mass is 9.89. The Balaban J connectivity index is 1.58. The van der Waals surface area contributed by atoms with Gasteiger partial charge in [0.2, 0.25) is 5.88 Å². The van der Waals surface area contributed by atoms with Crippen LogP contribution in [0.5, 0.6) is 5.88 Å². The van der Waals surface area contributed by atoms with E-state index in [0.29, 0.717) is 6.54 Å². The molecular weight excluding hydrogens is 492 g/mol. The predicted octanol–water partition coefficient (Wildman–Crippen LogP) is 3.36. The van der Waals surface area contributed by atoms with Crippen LogP contribution in [0.3, 0.4) is 0 Å². The number of carbonyl (C=O) groups is 3. The van der Waals surface area contributed by atoms with Gasteiger partial charge in [-0.3, -0.25) is 14.4 Å². The minimum absolute atomic E-state index is 0.0109. The second-order valence-electron chi connectivity index (χ2n) is 9.67. The van der Waals surface area contributed by atoms with Crippen LogP contribution in [0, 0.1) is 5.92 Å². The molecule has 2 aromatic heterocycles. The smallest absolute Gasteiger partial charge is 0.313 e. The first kappa shape index (κ1) is 26.5. The van der Waals surface area contributed by atoms with Crippen molar-refractivity contribution < 1.29 is 19.1 Å². The minimum Gasteiger partial charge on any atom is -0.480 e. The molecule has 1 aromatic carbocycles. The molecule has 1 fully saturated rings. The fourth-order valence-corrected chi connectivity index (χ4v) is 5.56. The molecule has 196 valence electrons. The van der Waals surface area contributed by atoms with Gasteiger partial charge in [-0.15, -0.1) is 11.3 Å². The molecule has 0 unspecified atom stereocenters. The number of ether oxygens (including phenoxy) is 1. The number of nitrogens with two attached hydrogens (primary N) is 1. The number of anilines is 1. The molecule has 4 rings (SSSR count). The largest absolute Gasteiger partial charge is 0.480 e. The lowest BCUT2D eigenvalue weighted by Gasteiger charge is -2.38. The van der Waals surface area contributed by atoms with E-state index in [1.54, 1.807) is 16.2 Å². The van der Waals surface area contributed by atoms with Gasteiger partial charge in [0.1, 0.15) is 10.6 Å². The SMILES string of the molecule is COc1ncc(NC(=O)C(=O)N2C[C@@H](C)CC[C@@H]2c2ccc3sc([C@@H](C)N(C)C)nc3c2)cc1C(N)=O. The van der Waals surface area contributed by atoms with E-state index in [4.69, 9.17) is 15.5 Å². The zero-order valence-electron chi connectivity index (χ0n) is 21.6. The summed E-state index contributed by atoms with van der Waals surface area (Å²) in [6, 6.07) is 7.40. The molecule has 3 atom stereocenters. The van der Waals surface area contributed by atoms with Gasteiger partial charge in [0.15, 0.2) is 0 Å². The third-order valence-corrected chi connectivity index (χ3v) is 7.99. The van der Waals surface area contributed by atoms with Gasteiger partial charge in [-0.05, 0) is 63.5 Å². The molecule has 11 heteroatoms. The van der Waals surface area contributed by atoms with Gasteiger partial charge in [0.25, 0.3) is 5.91 Å². The Morgan fingerprint density at radius 2 is 2.00 bits per heavy atom. The van der Waals surface area contributed by atoms with E-state index in [2.05, 4.69) is 29.0 Å². The minimum atomic E-state index is -0.807.